The van der Waals surface area contributed by atoms with Gasteiger partial charge in [-0.1, -0.05) is 25.9 Å². The third-order valence-corrected chi connectivity index (χ3v) is 4.64. The monoisotopic (exact) mass is 373 g/mol. The average molecular weight is 373 g/mol. The number of ether oxygens (including phenoxy) is 1. The Hall–Kier alpha value is -2.48. The lowest BCUT2D eigenvalue weighted by Crippen LogP contribution is -2.41. The standard InChI is InChI=1S/C19H27N5O3/c1-13(2)18-23-15(24-27-18)10-22-17(25)14-5-6-16(21-9-14)26-12-19(3)7-4-8-20-11-19/h5-6,9,13,20H,4,7-8,10-12H2,1-3H3,(H,22,25). The molecule has 2 aromatic rings. The molecule has 0 bridgehead atoms. The molecule has 2 aromatic heterocycles. The van der Waals surface area contributed by atoms with Gasteiger partial charge in [-0.2, -0.15) is 4.98 Å². The van der Waals surface area contributed by atoms with Crippen LogP contribution in [0, 0.1) is 5.41 Å². The van der Waals surface area contributed by atoms with Gasteiger partial charge in [-0.3, -0.25) is 4.79 Å². The lowest BCUT2D eigenvalue weighted by molar-refractivity contribution is 0.0948. The van der Waals surface area contributed by atoms with Crippen LogP contribution in [0.25, 0.3) is 0 Å². The number of rotatable bonds is 7. The van der Waals surface area contributed by atoms with Gasteiger partial charge in [-0.05, 0) is 25.5 Å². The number of piperidine rings is 1. The molecule has 0 spiro atoms. The minimum Gasteiger partial charge on any atom is -0.477 e. The van der Waals surface area contributed by atoms with Crippen LogP contribution in [0.15, 0.2) is 22.9 Å². The summed E-state index contributed by atoms with van der Waals surface area (Å²) in [6.45, 7) is 8.98. The highest BCUT2D eigenvalue weighted by Gasteiger charge is 2.27. The lowest BCUT2D eigenvalue weighted by atomic mass is 9.84. The summed E-state index contributed by atoms with van der Waals surface area (Å²) in [6, 6.07) is 3.43. The van der Waals surface area contributed by atoms with Crippen molar-refractivity contribution in [1.29, 1.82) is 0 Å². The van der Waals surface area contributed by atoms with E-state index in [4.69, 9.17) is 9.26 Å². The van der Waals surface area contributed by atoms with E-state index in [-0.39, 0.29) is 23.8 Å². The Morgan fingerprint density at radius 2 is 2.30 bits per heavy atom. The lowest BCUT2D eigenvalue weighted by Gasteiger charge is -2.33. The molecule has 0 aromatic carbocycles. The smallest absolute Gasteiger partial charge is 0.253 e. The van der Waals surface area contributed by atoms with E-state index in [9.17, 15) is 4.79 Å². The molecule has 1 atom stereocenters. The molecule has 3 rings (SSSR count). The maximum atomic E-state index is 12.2. The zero-order valence-electron chi connectivity index (χ0n) is 16.1. The van der Waals surface area contributed by atoms with Crippen LogP contribution in [0.3, 0.4) is 0 Å². The summed E-state index contributed by atoms with van der Waals surface area (Å²) in [6.07, 6.45) is 3.81. The van der Waals surface area contributed by atoms with E-state index in [1.807, 2.05) is 13.8 Å². The summed E-state index contributed by atoms with van der Waals surface area (Å²) >= 11 is 0. The van der Waals surface area contributed by atoms with Gasteiger partial charge in [0.25, 0.3) is 5.91 Å². The van der Waals surface area contributed by atoms with Crippen molar-refractivity contribution in [1.82, 2.24) is 25.8 Å². The molecule has 27 heavy (non-hydrogen) atoms. The number of carbonyl (C=O) groups excluding carboxylic acids is 1. The van der Waals surface area contributed by atoms with Crippen molar-refractivity contribution < 1.29 is 14.1 Å². The van der Waals surface area contributed by atoms with Crippen LogP contribution in [0.4, 0.5) is 0 Å². The second kappa shape index (κ2) is 8.47. The first-order valence-corrected chi connectivity index (χ1v) is 9.35. The minimum absolute atomic E-state index is 0.120. The summed E-state index contributed by atoms with van der Waals surface area (Å²) in [4.78, 5) is 20.7. The fourth-order valence-electron chi connectivity index (χ4n) is 2.93. The molecular formula is C19H27N5O3. The Labute approximate surface area is 159 Å². The van der Waals surface area contributed by atoms with Crippen molar-refractivity contribution in [2.75, 3.05) is 19.7 Å². The van der Waals surface area contributed by atoms with Crippen LogP contribution in [0.1, 0.15) is 61.6 Å². The average Bonchev–Trinajstić information content (AvgIpc) is 3.15. The molecule has 1 aliphatic heterocycles. The summed E-state index contributed by atoms with van der Waals surface area (Å²) in [5.74, 6) is 1.45. The number of amides is 1. The summed E-state index contributed by atoms with van der Waals surface area (Å²) in [5, 5.41) is 10.0. The maximum absolute atomic E-state index is 12.2. The van der Waals surface area contributed by atoms with Gasteiger partial charge in [0.15, 0.2) is 5.82 Å². The van der Waals surface area contributed by atoms with E-state index in [1.54, 1.807) is 12.1 Å². The number of hydrogen-bond acceptors (Lipinski definition) is 7. The predicted octanol–water partition coefficient (Wildman–Crippen LogP) is 2.29. The Balaban J connectivity index is 1.49. The van der Waals surface area contributed by atoms with E-state index in [0.29, 0.717) is 29.8 Å². The number of nitrogens with one attached hydrogen (secondary N) is 2. The Bertz CT molecular complexity index is 751. The number of pyridine rings is 1. The van der Waals surface area contributed by atoms with Gasteiger partial charge in [0.2, 0.25) is 11.8 Å². The molecule has 146 valence electrons. The fourth-order valence-corrected chi connectivity index (χ4v) is 2.93. The molecule has 3 heterocycles. The quantitative estimate of drug-likeness (QED) is 0.767. The van der Waals surface area contributed by atoms with E-state index in [2.05, 4.69) is 32.7 Å². The highest BCUT2D eigenvalue weighted by molar-refractivity contribution is 5.93. The van der Waals surface area contributed by atoms with Crippen LogP contribution in [-0.2, 0) is 6.54 Å². The molecule has 1 fully saturated rings. The van der Waals surface area contributed by atoms with Gasteiger partial charge in [0.05, 0.1) is 18.7 Å². The molecule has 8 heteroatoms. The van der Waals surface area contributed by atoms with Crippen molar-refractivity contribution in [2.45, 2.75) is 46.1 Å². The molecule has 0 radical (unpaired) electrons. The molecule has 1 saturated heterocycles. The van der Waals surface area contributed by atoms with Gasteiger partial charge < -0.3 is 19.9 Å². The molecular weight excluding hydrogens is 346 g/mol. The van der Waals surface area contributed by atoms with E-state index in [0.717, 1.165) is 25.9 Å². The normalized spacial score (nSPS) is 19.9. The first-order valence-electron chi connectivity index (χ1n) is 9.35. The zero-order chi connectivity index (χ0) is 19.3. The topological polar surface area (TPSA) is 102 Å². The van der Waals surface area contributed by atoms with Gasteiger partial charge in [0, 0.05) is 30.1 Å². The Kier molecular flexibility index (Phi) is 6.05. The third-order valence-electron chi connectivity index (χ3n) is 4.64. The third kappa shape index (κ3) is 5.26. The molecule has 8 nitrogen and oxygen atoms in total. The van der Waals surface area contributed by atoms with Crippen molar-refractivity contribution in [3.05, 3.63) is 35.6 Å². The molecule has 0 saturated carbocycles. The van der Waals surface area contributed by atoms with Crippen LogP contribution in [-0.4, -0.2) is 40.7 Å². The highest BCUT2D eigenvalue weighted by Crippen LogP contribution is 2.26. The van der Waals surface area contributed by atoms with Crippen LogP contribution in [0.5, 0.6) is 5.88 Å². The van der Waals surface area contributed by atoms with Crippen molar-refractivity contribution in [3.8, 4) is 5.88 Å². The summed E-state index contributed by atoms with van der Waals surface area (Å²) < 4.78 is 10.9. The largest absolute Gasteiger partial charge is 0.477 e. The SMILES string of the molecule is CC(C)c1nc(CNC(=O)c2ccc(OCC3(C)CCCNC3)nc2)no1. The van der Waals surface area contributed by atoms with Gasteiger partial charge in [0.1, 0.15) is 0 Å². The molecule has 0 aliphatic carbocycles. The Morgan fingerprint density at radius 3 is 2.93 bits per heavy atom. The van der Waals surface area contributed by atoms with Gasteiger partial charge in [-0.25, -0.2) is 4.98 Å². The van der Waals surface area contributed by atoms with Crippen molar-refractivity contribution in [3.63, 3.8) is 0 Å². The first kappa shape index (κ1) is 19.3. The van der Waals surface area contributed by atoms with E-state index in [1.165, 1.54) is 6.20 Å². The minimum atomic E-state index is -0.242. The zero-order valence-corrected chi connectivity index (χ0v) is 16.1. The maximum Gasteiger partial charge on any atom is 0.253 e. The fraction of sp³-hybridized carbons (Fsp3) is 0.579. The number of hydrogen-bond donors (Lipinski definition) is 2. The van der Waals surface area contributed by atoms with Crippen LogP contribution >= 0.6 is 0 Å². The summed E-state index contributed by atoms with van der Waals surface area (Å²) in [7, 11) is 0. The first-order chi connectivity index (χ1) is 13.0. The van der Waals surface area contributed by atoms with Gasteiger partial charge in [-0.15, -0.1) is 0 Å². The van der Waals surface area contributed by atoms with Crippen LogP contribution in [0.2, 0.25) is 0 Å². The summed E-state index contributed by atoms with van der Waals surface area (Å²) in [5.41, 5.74) is 0.579. The van der Waals surface area contributed by atoms with E-state index >= 15 is 0 Å². The Morgan fingerprint density at radius 1 is 1.44 bits per heavy atom. The number of nitrogens with zero attached hydrogens (tertiary/aromatic N) is 3. The van der Waals surface area contributed by atoms with Crippen LogP contribution < -0.4 is 15.4 Å². The molecule has 1 unspecified atom stereocenters. The molecule has 1 aliphatic rings. The second-order valence-electron chi connectivity index (χ2n) is 7.65. The second-order valence-corrected chi connectivity index (χ2v) is 7.65. The highest BCUT2D eigenvalue weighted by atomic mass is 16.5. The predicted molar refractivity (Wildman–Crippen MR) is 99.5 cm³/mol. The van der Waals surface area contributed by atoms with Gasteiger partial charge >= 0.3 is 0 Å². The molecule has 1 amide bonds. The number of aromatic nitrogens is 3. The van der Waals surface area contributed by atoms with Crippen molar-refractivity contribution in [2.24, 2.45) is 5.41 Å². The number of carbonyl (C=O) groups is 1. The molecule has 2 N–H and O–H groups in total. The van der Waals surface area contributed by atoms with E-state index < -0.39 is 0 Å². The van der Waals surface area contributed by atoms with Crippen molar-refractivity contribution >= 4 is 5.91 Å².